The number of hydrogen-bond acceptors (Lipinski definition) is 3. The maximum Gasteiger partial charge on any atom is 0.0869 e. The zero-order valence-electron chi connectivity index (χ0n) is 13.3. The monoisotopic (exact) mass is 258 g/mol. The lowest BCUT2D eigenvalue weighted by molar-refractivity contribution is 0.00636. The largest absolute Gasteiger partial charge is 0.388 e. The second-order valence-corrected chi connectivity index (χ2v) is 6.11. The quantitative estimate of drug-likeness (QED) is 0.632. The molecule has 110 valence electrons. The smallest absolute Gasteiger partial charge is 0.0869 e. The van der Waals surface area contributed by atoms with Gasteiger partial charge in [0.05, 0.1) is 5.60 Å². The number of rotatable bonds is 10. The van der Waals surface area contributed by atoms with Gasteiger partial charge in [-0.05, 0) is 33.2 Å². The second kappa shape index (κ2) is 8.89. The highest BCUT2D eigenvalue weighted by Gasteiger charge is 2.25. The average molecular weight is 258 g/mol. The Morgan fingerprint density at radius 2 is 1.83 bits per heavy atom. The lowest BCUT2D eigenvalue weighted by Crippen LogP contribution is -2.51. The highest BCUT2D eigenvalue weighted by Crippen LogP contribution is 2.12. The summed E-state index contributed by atoms with van der Waals surface area (Å²) in [7, 11) is 0. The molecule has 18 heavy (non-hydrogen) atoms. The molecule has 0 spiro atoms. The summed E-state index contributed by atoms with van der Waals surface area (Å²) in [6.07, 6.45) is 3.55. The van der Waals surface area contributed by atoms with Crippen molar-refractivity contribution in [3.05, 3.63) is 0 Å². The van der Waals surface area contributed by atoms with E-state index in [2.05, 4.69) is 44.8 Å². The number of aliphatic hydroxyl groups is 1. The Kier molecular flexibility index (Phi) is 8.83. The molecule has 0 aliphatic carbocycles. The van der Waals surface area contributed by atoms with E-state index in [0.29, 0.717) is 18.6 Å². The molecule has 0 saturated heterocycles. The highest BCUT2D eigenvalue weighted by atomic mass is 16.3. The molecule has 0 aromatic heterocycles. The van der Waals surface area contributed by atoms with Crippen LogP contribution in [-0.2, 0) is 0 Å². The van der Waals surface area contributed by atoms with Crippen LogP contribution in [0.3, 0.4) is 0 Å². The van der Waals surface area contributed by atoms with E-state index in [1.165, 1.54) is 12.8 Å². The standard InChI is InChI=1S/C15H34N2O/c1-7-9-10-17(14(5)8-2)12-15(6,18)11-16-13(3)4/h13-14,16,18H,7-12H2,1-6H3. The van der Waals surface area contributed by atoms with E-state index in [1.807, 2.05) is 6.92 Å². The normalized spacial score (nSPS) is 17.2. The fraction of sp³-hybridized carbons (Fsp3) is 1.00. The third-order valence-corrected chi connectivity index (χ3v) is 3.45. The molecule has 0 bridgehead atoms. The maximum atomic E-state index is 10.5. The van der Waals surface area contributed by atoms with Gasteiger partial charge in [-0.25, -0.2) is 0 Å². The molecule has 0 aromatic rings. The van der Waals surface area contributed by atoms with Gasteiger partial charge in [-0.1, -0.05) is 34.1 Å². The number of hydrogen-bond donors (Lipinski definition) is 2. The minimum Gasteiger partial charge on any atom is -0.388 e. The Labute approximate surface area is 114 Å². The number of nitrogens with zero attached hydrogens (tertiary/aromatic N) is 1. The average Bonchev–Trinajstić information content (AvgIpc) is 2.31. The van der Waals surface area contributed by atoms with Crippen LogP contribution in [-0.4, -0.2) is 47.3 Å². The third kappa shape index (κ3) is 8.06. The van der Waals surface area contributed by atoms with Crippen LogP contribution < -0.4 is 5.32 Å². The molecular formula is C15H34N2O. The molecule has 0 amide bonds. The van der Waals surface area contributed by atoms with Crippen molar-refractivity contribution in [3.63, 3.8) is 0 Å². The van der Waals surface area contributed by atoms with Crippen molar-refractivity contribution in [3.8, 4) is 0 Å². The Hall–Kier alpha value is -0.120. The topological polar surface area (TPSA) is 35.5 Å². The summed E-state index contributed by atoms with van der Waals surface area (Å²) in [5.74, 6) is 0. The van der Waals surface area contributed by atoms with Crippen LogP contribution in [0.15, 0.2) is 0 Å². The van der Waals surface area contributed by atoms with Crippen LogP contribution in [0.2, 0.25) is 0 Å². The molecule has 2 atom stereocenters. The summed E-state index contributed by atoms with van der Waals surface area (Å²) >= 11 is 0. The summed E-state index contributed by atoms with van der Waals surface area (Å²) < 4.78 is 0. The minimum absolute atomic E-state index is 0.421. The first-order valence-corrected chi connectivity index (χ1v) is 7.52. The summed E-state index contributed by atoms with van der Waals surface area (Å²) in [6, 6.07) is 0.964. The fourth-order valence-corrected chi connectivity index (χ4v) is 1.99. The summed E-state index contributed by atoms with van der Waals surface area (Å²) in [4.78, 5) is 2.42. The van der Waals surface area contributed by atoms with Gasteiger partial charge in [0.15, 0.2) is 0 Å². The van der Waals surface area contributed by atoms with Crippen molar-refractivity contribution in [1.82, 2.24) is 10.2 Å². The molecule has 0 heterocycles. The van der Waals surface area contributed by atoms with E-state index in [4.69, 9.17) is 0 Å². The van der Waals surface area contributed by atoms with Crippen LogP contribution in [0.1, 0.15) is 60.8 Å². The molecule has 0 rings (SSSR count). The van der Waals surface area contributed by atoms with Gasteiger partial charge < -0.3 is 10.4 Å². The van der Waals surface area contributed by atoms with Gasteiger partial charge in [-0.15, -0.1) is 0 Å². The van der Waals surface area contributed by atoms with E-state index in [1.54, 1.807) is 0 Å². The molecule has 0 aliphatic rings. The predicted molar refractivity (Wildman–Crippen MR) is 80.0 cm³/mol. The van der Waals surface area contributed by atoms with Gasteiger partial charge in [-0.2, -0.15) is 0 Å². The molecule has 2 N–H and O–H groups in total. The zero-order valence-corrected chi connectivity index (χ0v) is 13.3. The molecule has 0 saturated carbocycles. The summed E-state index contributed by atoms with van der Waals surface area (Å²) in [5.41, 5.74) is -0.651. The van der Waals surface area contributed by atoms with Gasteiger partial charge in [0.1, 0.15) is 0 Å². The van der Waals surface area contributed by atoms with Gasteiger partial charge in [0.2, 0.25) is 0 Å². The van der Waals surface area contributed by atoms with Gasteiger partial charge >= 0.3 is 0 Å². The van der Waals surface area contributed by atoms with Crippen LogP contribution >= 0.6 is 0 Å². The predicted octanol–water partition coefficient (Wildman–Crippen LogP) is 2.64. The van der Waals surface area contributed by atoms with Crippen LogP contribution in [0.5, 0.6) is 0 Å². The minimum atomic E-state index is -0.651. The Balaban J connectivity index is 4.34. The third-order valence-electron chi connectivity index (χ3n) is 3.45. The van der Waals surface area contributed by atoms with Crippen molar-refractivity contribution in [2.45, 2.75) is 78.5 Å². The first-order valence-electron chi connectivity index (χ1n) is 7.52. The van der Waals surface area contributed by atoms with Crippen molar-refractivity contribution >= 4 is 0 Å². The molecule has 2 unspecified atom stereocenters. The highest BCUT2D eigenvalue weighted by molar-refractivity contribution is 4.82. The first kappa shape index (κ1) is 17.9. The maximum absolute atomic E-state index is 10.5. The summed E-state index contributed by atoms with van der Waals surface area (Å²) in [6.45, 7) is 15.3. The van der Waals surface area contributed by atoms with Crippen molar-refractivity contribution < 1.29 is 5.11 Å². The van der Waals surface area contributed by atoms with Crippen LogP contribution in [0.25, 0.3) is 0 Å². The Morgan fingerprint density at radius 1 is 1.22 bits per heavy atom. The lowest BCUT2D eigenvalue weighted by Gasteiger charge is -2.36. The van der Waals surface area contributed by atoms with E-state index in [9.17, 15) is 5.11 Å². The van der Waals surface area contributed by atoms with E-state index >= 15 is 0 Å². The van der Waals surface area contributed by atoms with Crippen molar-refractivity contribution in [1.29, 1.82) is 0 Å². The fourth-order valence-electron chi connectivity index (χ4n) is 1.99. The molecule has 0 aliphatic heterocycles. The van der Waals surface area contributed by atoms with Gasteiger partial charge in [0.25, 0.3) is 0 Å². The molecule has 3 heteroatoms. The van der Waals surface area contributed by atoms with Crippen LogP contribution in [0, 0.1) is 0 Å². The van der Waals surface area contributed by atoms with Crippen molar-refractivity contribution in [2.24, 2.45) is 0 Å². The number of nitrogens with one attached hydrogen (secondary N) is 1. The molecule has 0 aromatic carbocycles. The Bertz CT molecular complexity index is 205. The second-order valence-electron chi connectivity index (χ2n) is 6.11. The molecular weight excluding hydrogens is 224 g/mol. The zero-order chi connectivity index (χ0) is 14.2. The lowest BCUT2D eigenvalue weighted by atomic mass is 10.0. The number of unbranched alkanes of at least 4 members (excludes halogenated alkanes) is 1. The SMILES string of the molecule is CCCCN(CC(C)(O)CNC(C)C)C(C)CC. The summed E-state index contributed by atoms with van der Waals surface area (Å²) in [5, 5.41) is 13.8. The van der Waals surface area contributed by atoms with E-state index < -0.39 is 5.60 Å². The van der Waals surface area contributed by atoms with Gasteiger partial charge in [-0.3, -0.25) is 4.90 Å². The molecule has 3 nitrogen and oxygen atoms in total. The van der Waals surface area contributed by atoms with E-state index in [-0.39, 0.29) is 0 Å². The molecule has 0 radical (unpaired) electrons. The molecule has 0 fully saturated rings. The van der Waals surface area contributed by atoms with Crippen molar-refractivity contribution in [2.75, 3.05) is 19.6 Å². The first-order chi connectivity index (χ1) is 8.32. The van der Waals surface area contributed by atoms with E-state index in [0.717, 1.165) is 19.5 Å². The van der Waals surface area contributed by atoms with Gasteiger partial charge in [0, 0.05) is 25.2 Å². The Morgan fingerprint density at radius 3 is 2.28 bits per heavy atom. The van der Waals surface area contributed by atoms with Crippen LogP contribution in [0.4, 0.5) is 0 Å².